The molecule has 0 saturated carbocycles. The highest BCUT2D eigenvalue weighted by molar-refractivity contribution is 6.10. The third-order valence-corrected chi connectivity index (χ3v) is 5.35. The molecule has 0 fully saturated rings. The summed E-state index contributed by atoms with van der Waals surface area (Å²) in [5, 5.41) is 19.9. The number of carbonyl (C=O) groups is 2. The predicted molar refractivity (Wildman–Crippen MR) is 93.6 cm³/mol. The molecule has 0 radical (unpaired) electrons. The highest BCUT2D eigenvalue weighted by atomic mass is 16.2. The van der Waals surface area contributed by atoms with Crippen LogP contribution in [-0.2, 0) is 9.59 Å². The van der Waals surface area contributed by atoms with Crippen LogP contribution in [0, 0.1) is 39.4 Å². The van der Waals surface area contributed by atoms with Crippen LogP contribution in [-0.4, -0.2) is 17.5 Å². The average Bonchev–Trinajstić information content (AvgIpc) is 2.99. The number of benzene rings is 1. The van der Waals surface area contributed by atoms with E-state index in [1.807, 2.05) is 36.4 Å². The summed E-state index contributed by atoms with van der Waals surface area (Å²) in [6.45, 7) is 2.96. The molecule has 1 aliphatic heterocycles. The summed E-state index contributed by atoms with van der Waals surface area (Å²) in [6, 6.07) is 13.4. The van der Waals surface area contributed by atoms with Gasteiger partial charge in [0.15, 0.2) is 5.78 Å². The van der Waals surface area contributed by atoms with Gasteiger partial charge in [0.2, 0.25) is 10.8 Å². The lowest BCUT2D eigenvalue weighted by molar-refractivity contribution is -0.377. The van der Waals surface area contributed by atoms with Gasteiger partial charge in [-0.1, -0.05) is 42.5 Å². The van der Waals surface area contributed by atoms with Crippen LogP contribution in [0.5, 0.6) is 0 Å². The Balaban J connectivity index is 2.28. The van der Waals surface area contributed by atoms with E-state index in [0.29, 0.717) is 5.57 Å². The lowest BCUT2D eigenvalue weighted by Gasteiger charge is -2.28. The monoisotopic (exact) mass is 345 g/mol. The molecule has 3 N–H and O–H groups in total. The van der Waals surface area contributed by atoms with Crippen LogP contribution in [0.2, 0.25) is 0 Å². The van der Waals surface area contributed by atoms with Crippen LogP contribution in [0.3, 0.4) is 0 Å². The van der Waals surface area contributed by atoms with Gasteiger partial charge in [-0.25, -0.2) is 9.79 Å². The number of fused-ring (bicyclic) bond motifs is 1. The van der Waals surface area contributed by atoms with Crippen molar-refractivity contribution in [1.82, 2.24) is 0 Å². The number of hydrogen-bond donors (Lipinski definition) is 2. The maximum Gasteiger partial charge on any atom is 0.331 e. The molecule has 6 nitrogen and oxygen atoms in total. The number of Topliss-reactive ketones (excluding diaryl/α,β-unsaturated/α-hetero) is 1. The minimum atomic E-state index is -1.80. The summed E-state index contributed by atoms with van der Waals surface area (Å²) in [5.74, 6) is -1.91. The molecular formula is C20H17N4O2+. The minimum absolute atomic E-state index is 0.0987. The van der Waals surface area contributed by atoms with Gasteiger partial charge in [-0.3, -0.25) is 10.5 Å². The number of nitrogens with zero attached hydrogens (tertiary/aromatic N) is 2. The summed E-state index contributed by atoms with van der Waals surface area (Å²) in [6.07, 6.45) is 3.39. The zero-order valence-corrected chi connectivity index (χ0v) is 14.4. The molecule has 0 saturated heterocycles. The van der Waals surface area contributed by atoms with E-state index in [1.165, 1.54) is 6.92 Å². The average molecular weight is 345 g/mol. The fraction of sp³-hybridized carbons (Fsp3) is 0.250. The fourth-order valence-corrected chi connectivity index (χ4v) is 4.15. The van der Waals surface area contributed by atoms with Crippen molar-refractivity contribution < 1.29 is 14.6 Å². The maximum absolute atomic E-state index is 12.8. The number of allylic oxidation sites excluding steroid dienone is 2. The lowest BCUT2D eigenvalue weighted by atomic mass is 9.61. The SMILES string of the molecule is CC(=O)C1=C(C)[C@@]2(C#N)C(N)=[NH+]C(=O)[C@]2(C#N)[C@H]1/C=C/c1ccccc1. The standard InChI is InChI=1S/C20H16N4O2/c1-12-16(13(2)25)15(9-8-14-6-4-3-5-7-14)20(11-22)18(26)24-17(23)19(12,20)10-21/h3-9,15H,1-2H3,(H2,23,24,26)/p+1/b9-8+/t15-,19-,20-/m0/s1. The van der Waals surface area contributed by atoms with E-state index in [-0.39, 0.29) is 17.2 Å². The lowest BCUT2D eigenvalue weighted by Crippen LogP contribution is -2.78. The summed E-state index contributed by atoms with van der Waals surface area (Å²) in [4.78, 5) is 27.6. The molecule has 0 bridgehead atoms. The van der Waals surface area contributed by atoms with Gasteiger partial charge < -0.3 is 0 Å². The summed E-state index contributed by atoms with van der Waals surface area (Å²) >= 11 is 0. The highest BCUT2D eigenvalue weighted by Gasteiger charge is 2.77. The van der Waals surface area contributed by atoms with E-state index in [9.17, 15) is 20.1 Å². The van der Waals surface area contributed by atoms with Crippen LogP contribution in [0.25, 0.3) is 6.08 Å². The molecule has 3 atom stereocenters. The molecule has 3 rings (SSSR count). The molecule has 1 aromatic carbocycles. The van der Waals surface area contributed by atoms with Gasteiger partial charge in [0.25, 0.3) is 5.84 Å². The van der Waals surface area contributed by atoms with Crippen molar-refractivity contribution in [3.63, 3.8) is 0 Å². The first kappa shape index (κ1) is 17.3. The molecule has 1 aromatic rings. The van der Waals surface area contributed by atoms with Crippen molar-refractivity contribution in [2.75, 3.05) is 0 Å². The minimum Gasteiger partial charge on any atom is -0.295 e. The van der Waals surface area contributed by atoms with Crippen LogP contribution in [0.15, 0.2) is 47.6 Å². The first-order valence-electron chi connectivity index (χ1n) is 8.09. The number of nitrogens with one attached hydrogen (secondary N) is 1. The first-order chi connectivity index (χ1) is 12.4. The Morgan fingerprint density at radius 1 is 1.27 bits per heavy atom. The molecule has 6 heteroatoms. The Bertz CT molecular complexity index is 991. The largest absolute Gasteiger partial charge is 0.331 e. The molecule has 1 amide bonds. The van der Waals surface area contributed by atoms with Gasteiger partial charge in [0.05, 0.1) is 12.1 Å². The zero-order chi connectivity index (χ0) is 19.1. The van der Waals surface area contributed by atoms with Gasteiger partial charge in [0.1, 0.15) is 0 Å². The van der Waals surface area contributed by atoms with Crippen molar-refractivity contribution in [1.29, 1.82) is 10.5 Å². The molecular weight excluding hydrogens is 328 g/mol. The molecule has 2 aliphatic rings. The van der Waals surface area contributed by atoms with Gasteiger partial charge in [-0.05, 0) is 25.0 Å². The molecule has 0 spiro atoms. The molecule has 26 heavy (non-hydrogen) atoms. The quantitative estimate of drug-likeness (QED) is 0.812. The number of hydrogen-bond acceptors (Lipinski definition) is 5. The van der Waals surface area contributed by atoms with Crippen molar-refractivity contribution in [3.05, 3.63) is 53.1 Å². The number of nitriles is 2. The van der Waals surface area contributed by atoms with E-state index < -0.39 is 22.7 Å². The number of nitrogens with two attached hydrogens (primary N) is 1. The number of carbonyl (C=O) groups excluding carboxylic acids is 2. The van der Waals surface area contributed by atoms with E-state index in [4.69, 9.17) is 5.73 Å². The van der Waals surface area contributed by atoms with E-state index in [2.05, 4.69) is 11.1 Å². The summed E-state index contributed by atoms with van der Waals surface area (Å²) in [7, 11) is 0. The zero-order valence-electron chi connectivity index (χ0n) is 14.4. The van der Waals surface area contributed by atoms with Crippen molar-refractivity contribution in [2.45, 2.75) is 13.8 Å². The normalized spacial score (nSPS) is 30.1. The first-order valence-corrected chi connectivity index (χ1v) is 8.09. The van der Waals surface area contributed by atoms with Crippen LogP contribution >= 0.6 is 0 Å². The Labute approximate surface area is 150 Å². The van der Waals surface area contributed by atoms with Crippen LogP contribution in [0.1, 0.15) is 19.4 Å². The smallest absolute Gasteiger partial charge is 0.295 e. The predicted octanol–water partition coefficient (Wildman–Crippen LogP) is 0.233. The molecule has 1 aliphatic carbocycles. The van der Waals surface area contributed by atoms with Crippen molar-refractivity contribution in [2.24, 2.45) is 22.5 Å². The maximum atomic E-state index is 12.8. The second-order valence-electron chi connectivity index (χ2n) is 6.49. The van der Waals surface area contributed by atoms with E-state index in [1.54, 1.807) is 19.1 Å². The van der Waals surface area contributed by atoms with Gasteiger partial charge in [0, 0.05) is 11.5 Å². The molecule has 1 heterocycles. The van der Waals surface area contributed by atoms with Gasteiger partial charge in [-0.2, -0.15) is 10.5 Å². The van der Waals surface area contributed by atoms with Crippen LogP contribution < -0.4 is 10.7 Å². The van der Waals surface area contributed by atoms with Crippen molar-refractivity contribution >= 4 is 23.6 Å². The second kappa shape index (κ2) is 5.79. The summed E-state index contributed by atoms with van der Waals surface area (Å²) in [5.41, 5.74) is 4.01. The Kier molecular flexibility index (Phi) is 3.85. The number of amides is 1. The van der Waals surface area contributed by atoms with E-state index in [0.717, 1.165) is 5.56 Å². The second-order valence-corrected chi connectivity index (χ2v) is 6.49. The Hall–Kier alpha value is -3.51. The number of amidine groups is 1. The Morgan fingerprint density at radius 3 is 2.46 bits per heavy atom. The molecule has 0 unspecified atom stereocenters. The number of rotatable bonds is 3. The van der Waals surface area contributed by atoms with E-state index >= 15 is 0 Å². The number of ketones is 1. The summed E-state index contributed by atoms with van der Waals surface area (Å²) < 4.78 is 0. The van der Waals surface area contributed by atoms with Crippen LogP contribution in [0.4, 0.5) is 0 Å². The highest BCUT2D eigenvalue weighted by Crippen LogP contribution is 2.60. The van der Waals surface area contributed by atoms with Gasteiger partial charge >= 0.3 is 5.91 Å². The fourth-order valence-electron chi connectivity index (χ4n) is 4.15. The van der Waals surface area contributed by atoms with Crippen molar-refractivity contribution in [3.8, 4) is 12.1 Å². The third-order valence-electron chi connectivity index (χ3n) is 5.35. The molecule has 0 aromatic heterocycles. The topological polar surface area (TPSA) is 122 Å². The third kappa shape index (κ3) is 1.87. The Morgan fingerprint density at radius 2 is 1.92 bits per heavy atom. The van der Waals surface area contributed by atoms with Gasteiger partial charge in [-0.15, -0.1) is 0 Å². The molecule has 128 valence electrons.